The number of hydrogen-bond acceptors (Lipinski definition) is 1. The Labute approximate surface area is 99.9 Å². The first-order chi connectivity index (χ1) is 8.09. The van der Waals surface area contributed by atoms with Crippen LogP contribution >= 0.6 is 0 Å². The van der Waals surface area contributed by atoms with Crippen LogP contribution in [0.25, 0.3) is 5.57 Å². The molecule has 0 atom stereocenters. The molecule has 0 saturated carbocycles. The highest BCUT2D eigenvalue weighted by atomic mass is 19.1. The number of rotatable bonds is 2. The second-order valence-electron chi connectivity index (χ2n) is 4.50. The predicted molar refractivity (Wildman–Crippen MR) is 64.8 cm³/mol. The van der Waals surface area contributed by atoms with Crippen LogP contribution in [0.5, 0.6) is 0 Å². The zero-order chi connectivity index (χ0) is 12.4. The fourth-order valence-corrected chi connectivity index (χ4v) is 1.87. The Balaban J connectivity index is 2.37. The van der Waals surface area contributed by atoms with Gasteiger partial charge in [-0.3, -0.25) is 4.98 Å². The average molecular weight is 235 g/mol. The third-order valence-corrected chi connectivity index (χ3v) is 2.86. The topological polar surface area (TPSA) is 12.9 Å². The summed E-state index contributed by atoms with van der Waals surface area (Å²) in [5.74, 6) is -0.549. The molecule has 1 aromatic heterocycles. The minimum atomic E-state index is -0.479. The third-order valence-electron chi connectivity index (χ3n) is 2.86. The van der Waals surface area contributed by atoms with Gasteiger partial charge < -0.3 is 0 Å². The van der Waals surface area contributed by atoms with Crippen LogP contribution < -0.4 is 0 Å². The molecule has 0 aromatic carbocycles. The van der Waals surface area contributed by atoms with Gasteiger partial charge in [0.15, 0.2) is 0 Å². The summed E-state index contributed by atoms with van der Waals surface area (Å²) in [6.45, 7) is 4.06. The summed E-state index contributed by atoms with van der Waals surface area (Å²) in [5, 5.41) is 0. The van der Waals surface area contributed by atoms with E-state index in [0.29, 0.717) is 17.9 Å². The number of nitrogens with zero attached hydrogens (tertiary/aromatic N) is 1. The van der Waals surface area contributed by atoms with Gasteiger partial charge in [-0.05, 0) is 24.5 Å². The lowest BCUT2D eigenvalue weighted by Crippen LogP contribution is -1.98. The van der Waals surface area contributed by atoms with Gasteiger partial charge in [-0.2, -0.15) is 0 Å². The van der Waals surface area contributed by atoms with Crippen molar-refractivity contribution in [3.05, 3.63) is 47.3 Å². The van der Waals surface area contributed by atoms with Gasteiger partial charge in [0.05, 0.1) is 5.57 Å². The van der Waals surface area contributed by atoms with Crippen molar-refractivity contribution < 1.29 is 8.78 Å². The Hall–Kier alpha value is -1.51. The van der Waals surface area contributed by atoms with E-state index in [2.05, 4.69) is 4.98 Å². The van der Waals surface area contributed by atoms with E-state index >= 15 is 0 Å². The third kappa shape index (κ3) is 2.43. The average Bonchev–Trinajstić information content (AvgIpc) is 2.29. The Bertz CT molecular complexity index is 470. The van der Waals surface area contributed by atoms with Gasteiger partial charge in [0, 0.05) is 23.9 Å². The molecule has 3 heteroatoms. The van der Waals surface area contributed by atoms with Gasteiger partial charge in [-0.1, -0.05) is 19.9 Å². The molecule has 1 aromatic rings. The van der Waals surface area contributed by atoms with E-state index in [-0.39, 0.29) is 17.8 Å². The molecule has 1 aliphatic carbocycles. The molecule has 0 fully saturated rings. The van der Waals surface area contributed by atoms with E-state index < -0.39 is 5.83 Å². The zero-order valence-corrected chi connectivity index (χ0v) is 10.0. The highest BCUT2D eigenvalue weighted by Gasteiger charge is 2.18. The van der Waals surface area contributed by atoms with Crippen molar-refractivity contribution in [2.75, 3.05) is 0 Å². The van der Waals surface area contributed by atoms with Crippen molar-refractivity contribution in [1.82, 2.24) is 4.98 Å². The van der Waals surface area contributed by atoms with Gasteiger partial charge in [-0.25, -0.2) is 8.78 Å². The molecule has 0 amide bonds. The van der Waals surface area contributed by atoms with Crippen molar-refractivity contribution in [3.63, 3.8) is 0 Å². The Morgan fingerprint density at radius 1 is 1.24 bits per heavy atom. The van der Waals surface area contributed by atoms with Gasteiger partial charge in [0.1, 0.15) is 11.7 Å². The largest absolute Gasteiger partial charge is 0.260 e. The normalized spacial score (nSPS) is 16.4. The first-order valence-corrected chi connectivity index (χ1v) is 5.80. The summed E-state index contributed by atoms with van der Waals surface area (Å²) in [5.41, 5.74) is 1.51. The van der Waals surface area contributed by atoms with Crippen LogP contribution in [0.3, 0.4) is 0 Å². The van der Waals surface area contributed by atoms with Gasteiger partial charge >= 0.3 is 0 Å². The number of aromatic nitrogens is 1. The second kappa shape index (κ2) is 4.78. The van der Waals surface area contributed by atoms with Crippen LogP contribution in [0.2, 0.25) is 0 Å². The summed E-state index contributed by atoms with van der Waals surface area (Å²) in [7, 11) is 0. The van der Waals surface area contributed by atoms with Crippen LogP contribution in [0.15, 0.2) is 36.1 Å². The minimum Gasteiger partial charge on any atom is -0.260 e. The van der Waals surface area contributed by atoms with E-state index in [4.69, 9.17) is 0 Å². The summed E-state index contributed by atoms with van der Waals surface area (Å²) in [6, 6.07) is 3.55. The molecule has 90 valence electrons. The summed E-state index contributed by atoms with van der Waals surface area (Å²) < 4.78 is 27.2. The predicted octanol–water partition coefficient (Wildman–Crippen LogP) is 4.53. The van der Waals surface area contributed by atoms with Gasteiger partial charge in [-0.15, -0.1) is 0 Å². The molecule has 2 rings (SSSR count). The zero-order valence-electron chi connectivity index (χ0n) is 10.0. The molecule has 0 radical (unpaired) electrons. The van der Waals surface area contributed by atoms with Crippen molar-refractivity contribution >= 4 is 5.57 Å². The van der Waals surface area contributed by atoms with E-state index in [1.54, 1.807) is 12.3 Å². The van der Waals surface area contributed by atoms with Crippen LogP contribution in [-0.2, 0) is 0 Å². The minimum absolute atomic E-state index is 0.0686. The smallest absolute Gasteiger partial charge is 0.129 e. The van der Waals surface area contributed by atoms with Gasteiger partial charge in [0.2, 0.25) is 0 Å². The molecule has 0 spiro atoms. The highest BCUT2D eigenvalue weighted by molar-refractivity contribution is 5.79. The van der Waals surface area contributed by atoms with Crippen LogP contribution in [0.4, 0.5) is 8.78 Å². The van der Waals surface area contributed by atoms with Crippen LogP contribution in [0, 0.1) is 0 Å². The maximum absolute atomic E-state index is 13.6. The lowest BCUT2D eigenvalue weighted by Gasteiger charge is -2.13. The van der Waals surface area contributed by atoms with Crippen molar-refractivity contribution in [2.24, 2.45) is 0 Å². The van der Waals surface area contributed by atoms with E-state index in [9.17, 15) is 8.78 Å². The first-order valence-electron chi connectivity index (χ1n) is 5.80. The maximum atomic E-state index is 13.6. The summed E-state index contributed by atoms with van der Waals surface area (Å²) in [4.78, 5) is 4.23. The standard InChI is InChI=1S/C14H15F2N/c1-9(2)13-7-6-10(8-17-13)14-11(15)4-3-5-12(14)16/h4,6-9H,3,5H2,1-2H3. The van der Waals surface area contributed by atoms with Crippen molar-refractivity contribution in [1.29, 1.82) is 0 Å². The fraction of sp³-hybridized carbons (Fsp3) is 0.357. The van der Waals surface area contributed by atoms with Crippen molar-refractivity contribution in [2.45, 2.75) is 32.6 Å². The van der Waals surface area contributed by atoms with Gasteiger partial charge in [0.25, 0.3) is 0 Å². The highest BCUT2D eigenvalue weighted by Crippen LogP contribution is 2.34. The van der Waals surface area contributed by atoms with Crippen LogP contribution in [-0.4, -0.2) is 4.98 Å². The summed E-state index contributed by atoms with van der Waals surface area (Å²) in [6.07, 6.45) is 3.67. The second-order valence-corrected chi connectivity index (χ2v) is 4.50. The first kappa shape index (κ1) is 12.0. The number of allylic oxidation sites excluding steroid dienone is 4. The van der Waals surface area contributed by atoms with E-state index in [1.165, 1.54) is 6.08 Å². The quantitative estimate of drug-likeness (QED) is 0.733. The Morgan fingerprint density at radius 3 is 2.53 bits per heavy atom. The molecule has 1 heterocycles. The number of halogens is 2. The maximum Gasteiger partial charge on any atom is 0.129 e. The molecule has 0 unspecified atom stereocenters. The molecule has 1 nitrogen and oxygen atoms in total. The molecular weight excluding hydrogens is 220 g/mol. The molecule has 0 aliphatic heterocycles. The fourth-order valence-electron chi connectivity index (χ4n) is 1.87. The monoisotopic (exact) mass is 235 g/mol. The molecule has 17 heavy (non-hydrogen) atoms. The number of pyridine rings is 1. The van der Waals surface area contributed by atoms with Crippen LogP contribution in [0.1, 0.15) is 43.9 Å². The van der Waals surface area contributed by atoms with Crippen molar-refractivity contribution in [3.8, 4) is 0 Å². The lowest BCUT2D eigenvalue weighted by molar-refractivity contribution is 0.567. The molecular formula is C14H15F2N. The Kier molecular flexibility index (Phi) is 3.36. The summed E-state index contributed by atoms with van der Waals surface area (Å²) >= 11 is 0. The molecule has 1 aliphatic rings. The molecule has 0 saturated heterocycles. The Morgan fingerprint density at radius 2 is 2.00 bits per heavy atom. The lowest BCUT2D eigenvalue weighted by atomic mass is 9.98. The van der Waals surface area contributed by atoms with E-state index in [1.807, 2.05) is 19.9 Å². The number of hydrogen-bond donors (Lipinski definition) is 0. The SMILES string of the molecule is CC(C)c1ccc(C2=C(F)CCC=C2F)cn1. The molecule has 0 N–H and O–H groups in total. The molecule has 0 bridgehead atoms. The van der Waals surface area contributed by atoms with E-state index in [0.717, 1.165) is 5.69 Å².